The van der Waals surface area contributed by atoms with E-state index in [-0.39, 0.29) is 43.0 Å². The fourth-order valence-electron chi connectivity index (χ4n) is 6.01. The Morgan fingerprint density at radius 2 is 1.77 bits per heavy atom. The molecule has 2 unspecified atom stereocenters. The first-order chi connectivity index (χ1) is 19.6. The number of carboxylic acids is 1. The fourth-order valence-corrected chi connectivity index (χ4v) is 6.01. The van der Waals surface area contributed by atoms with Crippen LogP contribution in [0.15, 0.2) is 54.6 Å². The second-order valence-corrected chi connectivity index (χ2v) is 11.4. The third kappa shape index (κ3) is 10.4. The van der Waals surface area contributed by atoms with E-state index in [1.54, 1.807) is 0 Å². The van der Waals surface area contributed by atoms with Crippen LogP contribution in [0, 0.1) is 11.8 Å². The van der Waals surface area contributed by atoms with Crippen LogP contribution in [-0.2, 0) is 30.2 Å². The van der Waals surface area contributed by atoms with Crippen molar-refractivity contribution < 1.29 is 34.0 Å². The zero-order valence-corrected chi connectivity index (χ0v) is 23.8. The molecule has 40 heavy (non-hydrogen) atoms. The molecule has 0 bridgehead atoms. The highest BCUT2D eigenvalue weighted by molar-refractivity contribution is 5.66. The molecule has 1 aromatic carbocycles. The van der Waals surface area contributed by atoms with Crippen molar-refractivity contribution in [3.8, 4) is 0 Å². The SMILES string of the molecule is O=C(O)CCCC=CC[C@@H]1[C@@H](/C=C/[C@H](CCc2ccccc2)OC2CCCCO2)[C@H](OC2CCCCO2)C[C@@H]1O. The molecule has 2 saturated heterocycles. The largest absolute Gasteiger partial charge is 0.481 e. The van der Waals surface area contributed by atoms with Gasteiger partial charge in [0.05, 0.1) is 18.3 Å². The van der Waals surface area contributed by atoms with Gasteiger partial charge < -0.3 is 29.2 Å². The van der Waals surface area contributed by atoms with Crippen molar-refractivity contribution in [2.24, 2.45) is 11.8 Å². The molecule has 1 saturated carbocycles. The second-order valence-electron chi connectivity index (χ2n) is 11.4. The predicted octanol–water partition coefficient (Wildman–Crippen LogP) is 6.20. The third-order valence-corrected chi connectivity index (χ3v) is 8.27. The standard InChI is InChI=1S/C33H48O7/c34-29-24-30(40-33-17-9-11-23-38-33)28(27(29)14-6-1-2-7-15-31(35)36)21-20-26(39-32-16-8-10-22-37-32)19-18-25-12-4-3-5-13-25/h1,3-6,12-13,20-21,26-30,32-34H,2,7-11,14-19,22-24H2,(H,35,36)/b6-1?,21-20+/t26-,27+,28+,29-,30+,32?,33?/m0/s1. The lowest BCUT2D eigenvalue weighted by molar-refractivity contribution is -0.193. The average Bonchev–Trinajstić information content (AvgIpc) is 3.26. The minimum atomic E-state index is -0.766. The van der Waals surface area contributed by atoms with Gasteiger partial charge in [-0.25, -0.2) is 0 Å². The Kier molecular flexibility index (Phi) is 13.2. The number of allylic oxidation sites excluding steroid dienone is 2. The molecule has 2 N–H and O–H groups in total. The van der Waals surface area contributed by atoms with Crippen LogP contribution in [0.3, 0.4) is 0 Å². The number of hydrogen-bond donors (Lipinski definition) is 2. The molecule has 0 radical (unpaired) electrons. The van der Waals surface area contributed by atoms with Gasteiger partial charge in [0.25, 0.3) is 0 Å². The summed E-state index contributed by atoms with van der Waals surface area (Å²) in [5.74, 6) is -0.724. The zero-order chi connectivity index (χ0) is 28.0. The normalized spacial score (nSPS) is 30.2. The molecule has 3 fully saturated rings. The smallest absolute Gasteiger partial charge is 0.303 e. The van der Waals surface area contributed by atoms with Gasteiger partial charge in [-0.3, -0.25) is 4.79 Å². The van der Waals surface area contributed by atoms with E-state index in [4.69, 9.17) is 24.1 Å². The summed E-state index contributed by atoms with van der Waals surface area (Å²) < 4.78 is 24.7. The van der Waals surface area contributed by atoms with Crippen LogP contribution in [0.5, 0.6) is 0 Å². The molecule has 7 nitrogen and oxygen atoms in total. The maximum absolute atomic E-state index is 11.1. The maximum atomic E-state index is 11.1. The molecule has 0 amide bonds. The number of unbranched alkanes of at least 4 members (excludes halogenated alkanes) is 1. The van der Waals surface area contributed by atoms with Gasteiger partial charge in [-0.15, -0.1) is 0 Å². The lowest BCUT2D eigenvalue weighted by Crippen LogP contribution is -2.31. The molecule has 3 aliphatic rings. The van der Waals surface area contributed by atoms with Crippen molar-refractivity contribution in [3.63, 3.8) is 0 Å². The number of carboxylic acid groups (broad SMARTS) is 1. The topological polar surface area (TPSA) is 94.5 Å². The molecule has 7 atom stereocenters. The third-order valence-electron chi connectivity index (χ3n) is 8.27. The Bertz CT molecular complexity index is 905. The fraction of sp³-hybridized carbons (Fsp3) is 0.667. The Morgan fingerprint density at radius 1 is 1.02 bits per heavy atom. The Balaban J connectivity index is 1.44. The maximum Gasteiger partial charge on any atom is 0.303 e. The molecule has 2 aliphatic heterocycles. The molecular formula is C33H48O7. The monoisotopic (exact) mass is 556 g/mol. The first kappa shape index (κ1) is 30.9. The van der Waals surface area contributed by atoms with E-state index in [1.807, 2.05) is 12.1 Å². The van der Waals surface area contributed by atoms with Crippen LogP contribution >= 0.6 is 0 Å². The molecule has 2 heterocycles. The molecule has 0 spiro atoms. The summed E-state index contributed by atoms with van der Waals surface area (Å²) in [5, 5.41) is 20.0. The van der Waals surface area contributed by atoms with E-state index in [0.29, 0.717) is 12.8 Å². The lowest BCUT2D eigenvalue weighted by Gasteiger charge is -2.30. The summed E-state index contributed by atoms with van der Waals surface area (Å²) in [4.78, 5) is 10.8. The summed E-state index contributed by atoms with van der Waals surface area (Å²) in [7, 11) is 0. The Labute approximate surface area is 239 Å². The van der Waals surface area contributed by atoms with Gasteiger partial charge in [0.2, 0.25) is 0 Å². The first-order valence-electron chi connectivity index (χ1n) is 15.4. The van der Waals surface area contributed by atoms with Gasteiger partial charge in [-0.1, -0.05) is 54.6 Å². The molecule has 4 rings (SSSR count). The molecular weight excluding hydrogens is 508 g/mol. The van der Waals surface area contributed by atoms with Crippen molar-refractivity contribution >= 4 is 5.97 Å². The average molecular weight is 557 g/mol. The van der Waals surface area contributed by atoms with Crippen LogP contribution in [0.4, 0.5) is 0 Å². The minimum Gasteiger partial charge on any atom is -0.481 e. The summed E-state index contributed by atoms with van der Waals surface area (Å²) in [6, 6.07) is 10.5. The summed E-state index contributed by atoms with van der Waals surface area (Å²) in [6.45, 7) is 1.46. The van der Waals surface area contributed by atoms with Crippen LogP contribution in [-0.4, -0.2) is 60.3 Å². The van der Waals surface area contributed by atoms with Gasteiger partial charge in [-0.05, 0) is 82.1 Å². The van der Waals surface area contributed by atoms with Crippen LogP contribution in [0.1, 0.15) is 82.6 Å². The number of aliphatic hydroxyl groups excluding tert-OH is 1. The zero-order valence-electron chi connectivity index (χ0n) is 23.8. The van der Waals surface area contributed by atoms with Gasteiger partial charge in [-0.2, -0.15) is 0 Å². The number of hydrogen-bond acceptors (Lipinski definition) is 6. The van der Waals surface area contributed by atoms with E-state index < -0.39 is 12.1 Å². The summed E-state index contributed by atoms with van der Waals surface area (Å²) in [5.41, 5.74) is 1.28. The lowest BCUT2D eigenvalue weighted by atomic mass is 9.89. The number of rotatable bonds is 15. The highest BCUT2D eigenvalue weighted by Crippen LogP contribution is 2.39. The van der Waals surface area contributed by atoms with Crippen molar-refractivity contribution in [2.45, 2.75) is 114 Å². The van der Waals surface area contributed by atoms with E-state index in [0.717, 1.165) is 77.4 Å². The van der Waals surface area contributed by atoms with Gasteiger partial charge in [0.1, 0.15) is 0 Å². The number of aliphatic carboxylic acids is 1. The van der Waals surface area contributed by atoms with E-state index >= 15 is 0 Å². The van der Waals surface area contributed by atoms with Gasteiger partial charge in [0.15, 0.2) is 12.6 Å². The Morgan fingerprint density at radius 3 is 2.48 bits per heavy atom. The molecule has 1 aliphatic carbocycles. The molecule has 1 aromatic rings. The Hall–Kier alpha value is -2.03. The number of benzene rings is 1. The van der Waals surface area contributed by atoms with Crippen molar-refractivity contribution in [1.82, 2.24) is 0 Å². The highest BCUT2D eigenvalue weighted by atomic mass is 16.7. The van der Waals surface area contributed by atoms with E-state index in [1.165, 1.54) is 5.56 Å². The quantitative estimate of drug-likeness (QED) is 0.196. The van der Waals surface area contributed by atoms with Gasteiger partial charge in [0, 0.05) is 32.0 Å². The second kappa shape index (κ2) is 17.0. The van der Waals surface area contributed by atoms with Crippen molar-refractivity contribution in [2.75, 3.05) is 13.2 Å². The van der Waals surface area contributed by atoms with E-state index in [9.17, 15) is 9.90 Å². The minimum absolute atomic E-state index is 0.0151. The number of ether oxygens (including phenoxy) is 4. The molecule has 0 aromatic heterocycles. The van der Waals surface area contributed by atoms with E-state index in [2.05, 4.69) is 42.5 Å². The number of aryl methyl sites for hydroxylation is 1. The number of aliphatic hydroxyl groups is 1. The number of carbonyl (C=O) groups is 1. The van der Waals surface area contributed by atoms with Crippen LogP contribution < -0.4 is 0 Å². The predicted molar refractivity (Wildman–Crippen MR) is 154 cm³/mol. The molecule has 7 heteroatoms. The van der Waals surface area contributed by atoms with Gasteiger partial charge >= 0.3 is 5.97 Å². The van der Waals surface area contributed by atoms with Crippen LogP contribution in [0.25, 0.3) is 0 Å². The van der Waals surface area contributed by atoms with Crippen molar-refractivity contribution in [1.29, 1.82) is 0 Å². The van der Waals surface area contributed by atoms with Crippen molar-refractivity contribution in [3.05, 3.63) is 60.2 Å². The first-order valence-corrected chi connectivity index (χ1v) is 15.4. The highest BCUT2D eigenvalue weighted by Gasteiger charge is 2.42. The van der Waals surface area contributed by atoms with Crippen LogP contribution in [0.2, 0.25) is 0 Å². The summed E-state index contributed by atoms with van der Waals surface area (Å²) >= 11 is 0. The molecule has 222 valence electrons. The summed E-state index contributed by atoms with van der Waals surface area (Å²) in [6.07, 6.45) is 18.2.